The Bertz CT molecular complexity index is 3550. The van der Waals surface area contributed by atoms with E-state index in [4.69, 9.17) is 9.97 Å². The van der Waals surface area contributed by atoms with Gasteiger partial charge in [-0.25, -0.2) is 9.97 Å². The van der Waals surface area contributed by atoms with Crippen LogP contribution in [0, 0.1) is 0 Å². The molecule has 2 heteroatoms. The van der Waals surface area contributed by atoms with Crippen LogP contribution in [0.25, 0.3) is 100.0 Å². The Balaban J connectivity index is 1.04. The van der Waals surface area contributed by atoms with Gasteiger partial charge in [0, 0.05) is 22.1 Å². The first kappa shape index (κ1) is 37.6. The van der Waals surface area contributed by atoms with Gasteiger partial charge in [-0.1, -0.05) is 206 Å². The Morgan fingerprint density at radius 2 is 0.797 bits per heavy atom. The van der Waals surface area contributed by atoms with E-state index in [1.807, 2.05) is 6.07 Å². The van der Waals surface area contributed by atoms with Crippen LogP contribution in [0.3, 0.4) is 0 Å². The van der Waals surface area contributed by atoms with E-state index >= 15 is 0 Å². The second-order valence-electron chi connectivity index (χ2n) is 17.0. The summed E-state index contributed by atoms with van der Waals surface area (Å²) in [6, 6.07) is 85.7. The molecule has 1 unspecified atom stereocenters. The third-order valence-corrected chi connectivity index (χ3v) is 13.4. The lowest BCUT2D eigenvalue weighted by atomic mass is 9.74. The number of nitrogens with zero attached hydrogens (tertiary/aromatic N) is 2. The average molecular weight is 815 g/mol. The standard InChI is InChI=1S/C62H42N2/c1-62(48-24-9-4-10-25-48)57-31-16-15-29-53(57)54-33-32-44(39-58(54)62)46-36-45(41-18-5-2-6-19-41)37-47(38-46)50-34-35-56(52-28-14-13-27-51(50)52)60-40-59(63-61(64-60)43-21-7-3-8-22-43)55-30-17-23-42-20-11-12-26-49(42)55/h2-40H,1H3. The van der Waals surface area contributed by atoms with Gasteiger partial charge in [-0.15, -0.1) is 0 Å². The van der Waals surface area contributed by atoms with Crippen molar-refractivity contribution < 1.29 is 0 Å². The van der Waals surface area contributed by atoms with Gasteiger partial charge in [0.2, 0.25) is 0 Å². The molecule has 0 spiro atoms. The largest absolute Gasteiger partial charge is 0.228 e. The molecule has 0 saturated carbocycles. The fraction of sp³-hybridized carbons (Fsp3) is 0.0323. The van der Waals surface area contributed by atoms with Crippen LogP contribution in [0.15, 0.2) is 237 Å². The number of hydrogen-bond donors (Lipinski definition) is 0. The minimum atomic E-state index is -0.288. The Labute approximate surface area is 373 Å². The number of fused-ring (bicyclic) bond motifs is 5. The molecule has 0 saturated heterocycles. The Morgan fingerprint density at radius 3 is 1.55 bits per heavy atom. The molecule has 0 aliphatic heterocycles. The summed E-state index contributed by atoms with van der Waals surface area (Å²) in [5, 5.41) is 4.66. The highest BCUT2D eigenvalue weighted by atomic mass is 14.9. The van der Waals surface area contributed by atoms with Crippen molar-refractivity contribution in [2.24, 2.45) is 0 Å². The van der Waals surface area contributed by atoms with Gasteiger partial charge in [0.1, 0.15) is 0 Å². The van der Waals surface area contributed by atoms with E-state index in [9.17, 15) is 0 Å². The number of benzene rings is 10. The Kier molecular flexibility index (Phi) is 8.98. The summed E-state index contributed by atoms with van der Waals surface area (Å²) in [7, 11) is 0. The topological polar surface area (TPSA) is 25.8 Å². The van der Waals surface area contributed by atoms with E-state index in [0.29, 0.717) is 5.82 Å². The highest BCUT2D eigenvalue weighted by Gasteiger charge is 2.40. The molecule has 10 aromatic carbocycles. The van der Waals surface area contributed by atoms with E-state index in [-0.39, 0.29) is 5.41 Å². The summed E-state index contributed by atoms with van der Waals surface area (Å²) in [5.41, 5.74) is 18.3. The first-order chi connectivity index (χ1) is 31.6. The van der Waals surface area contributed by atoms with Gasteiger partial charge in [0.05, 0.1) is 11.4 Å². The number of hydrogen-bond acceptors (Lipinski definition) is 2. The van der Waals surface area contributed by atoms with Crippen LogP contribution in [0.1, 0.15) is 23.6 Å². The molecular weight excluding hydrogens is 773 g/mol. The van der Waals surface area contributed by atoms with Gasteiger partial charge >= 0.3 is 0 Å². The van der Waals surface area contributed by atoms with Crippen molar-refractivity contribution in [1.82, 2.24) is 9.97 Å². The molecule has 11 aromatic rings. The quantitative estimate of drug-likeness (QED) is 0.160. The minimum Gasteiger partial charge on any atom is -0.228 e. The zero-order valence-electron chi connectivity index (χ0n) is 35.4. The van der Waals surface area contributed by atoms with Gasteiger partial charge < -0.3 is 0 Å². The predicted molar refractivity (Wildman–Crippen MR) is 267 cm³/mol. The molecule has 64 heavy (non-hydrogen) atoms. The highest BCUT2D eigenvalue weighted by Crippen LogP contribution is 2.53. The Morgan fingerprint density at radius 1 is 0.297 bits per heavy atom. The van der Waals surface area contributed by atoms with Gasteiger partial charge in [0.15, 0.2) is 5.82 Å². The molecule has 1 aliphatic carbocycles. The van der Waals surface area contributed by atoms with Crippen molar-refractivity contribution in [2.45, 2.75) is 12.3 Å². The van der Waals surface area contributed by atoms with Crippen LogP contribution < -0.4 is 0 Å². The van der Waals surface area contributed by atoms with Crippen LogP contribution >= 0.6 is 0 Å². The molecule has 0 N–H and O–H groups in total. The summed E-state index contributed by atoms with van der Waals surface area (Å²) >= 11 is 0. The van der Waals surface area contributed by atoms with Crippen LogP contribution in [0.5, 0.6) is 0 Å². The molecule has 12 rings (SSSR count). The molecule has 0 radical (unpaired) electrons. The Hall–Kier alpha value is -8.20. The SMILES string of the molecule is CC1(c2ccccc2)c2ccccc2-c2ccc(-c3cc(-c4ccccc4)cc(-c4ccc(-c5cc(-c6cccc7ccccc67)nc(-c6ccccc6)n5)c5ccccc45)c3)cc21. The van der Waals surface area contributed by atoms with Crippen molar-refractivity contribution in [3.63, 3.8) is 0 Å². The van der Waals surface area contributed by atoms with E-state index in [1.54, 1.807) is 0 Å². The van der Waals surface area contributed by atoms with Crippen LogP contribution in [0.4, 0.5) is 0 Å². The van der Waals surface area contributed by atoms with E-state index in [0.717, 1.165) is 39.0 Å². The van der Waals surface area contributed by atoms with Crippen LogP contribution in [-0.4, -0.2) is 9.97 Å². The third kappa shape index (κ3) is 6.26. The molecule has 1 aliphatic rings. The second-order valence-corrected chi connectivity index (χ2v) is 17.0. The molecule has 1 aromatic heterocycles. The maximum atomic E-state index is 5.31. The highest BCUT2D eigenvalue weighted by molar-refractivity contribution is 6.06. The zero-order chi connectivity index (χ0) is 42.6. The maximum absolute atomic E-state index is 5.31. The van der Waals surface area contributed by atoms with Crippen molar-refractivity contribution in [3.8, 4) is 78.4 Å². The molecular formula is C62H42N2. The summed E-state index contributed by atoms with van der Waals surface area (Å²) in [5.74, 6) is 0.704. The van der Waals surface area contributed by atoms with Crippen molar-refractivity contribution in [1.29, 1.82) is 0 Å². The van der Waals surface area contributed by atoms with Gasteiger partial charge in [0.25, 0.3) is 0 Å². The van der Waals surface area contributed by atoms with Gasteiger partial charge in [-0.2, -0.15) is 0 Å². The predicted octanol–water partition coefficient (Wildman–Crippen LogP) is 16.1. The molecule has 0 bridgehead atoms. The fourth-order valence-electron chi connectivity index (χ4n) is 10.2. The average Bonchev–Trinajstić information content (AvgIpc) is 3.64. The summed E-state index contributed by atoms with van der Waals surface area (Å²) in [6.07, 6.45) is 0. The molecule has 0 amide bonds. The van der Waals surface area contributed by atoms with Crippen LogP contribution in [-0.2, 0) is 5.41 Å². The summed E-state index contributed by atoms with van der Waals surface area (Å²) in [6.45, 7) is 2.39. The first-order valence-corrected chi connectivity index (χ1v) is 22.1. The second kappa shape index (κ2) is 15.3. The lowest BCUT2D eigenvalue weighted by Crippen LogP contribution is -2.22. The van der Waals surface area contributed by atoms with Crippen molar-refractivity contribution in [2.75, 3.05) is 0 Å². The number of rotatable bonds is 7. The van der Waals surface area contributed by atoms with E-state index in [1.165, 1.54) is 71.8 Å². The maximum Gasteiger partial charge on any atom is 0.160 e. The molecule has 1 atom stereocenters. The normalized spacial score (nSPS) is 14.1. The van der Waals surface area contributed by atoms with Gasteiger partial charge in [-0.05, 0) is 120 Å². The van der Waals surface area contributed by atoms with E-state index in [2.05, 4.69) is 237 Å². The van der Waals surface area contributed by atoms with Crippen molar-refractivity contribution >= 4 is 21.5 Å². The van der Waals surface area contributed by atoms with Crippen LogP contribution in [0.2, 0.25) is 0 Å². The number of aromatic nitrogens is 2. The monoisotopic (exact) mass is 814 g/mol. The van der Waals surface area contributed by atoms with Crippen molar-refractivity contribution in [3.05, 3.63) is 253 Å². The molecule has 0 fully saturated rings. The lowest BCUT2D eigenvalue weighted by Gasteiger charge is -2.28. The smallest absolute Gasteiger partial charge is 0.160 e. The summed E-state index contributed by atoms with van der Waals surface area (Å²) < 4.78 is 0. The third-order valence-electron chi connectivity index (χ3n) is 13.4. The molecule has 1 heterocycles. The fourth-order valence-corrected chi connectivity index (χ4v) is 10.2. The first-order valence-electron chi connectivity index (χ1n) is 22.1. The molecule has 2 nitrogen and oxygen atoms in total. The molecule has 300 valence electrons. The van der Waals surface area contributed by atoms with Gasteiger partial charge in [-0.3, -0.25) is 0 Å². The zero-order valence-corrected chi connectivity index (χ0v) is 35.4. The lowest BCUT2D eigenvalue weighted by molar-refractivity contribution is 0.714. The van der Waals surface area contributed by atoms with E-state index < -0.39 is 0 Å². The minimum absolute atomic E-state index is 0.288. The summed E-state index contributed by atoms with van der Waals surface area (Å²) in [4.78, 5) is 10.5.